The number of hydrogen-bond acceptors (Lipinski definition) is 6. The average Bonchev–Trinajstić information content (AvgIpc) is 2.53. The number of amides is 1. The summed E-state index contributed by atoms with van der Waals surface area (Å²) in [7, 11) is -2.06. The Labute approximate surface area is 159 Å². The number of carbonyl (C=O) groups is 2. The van der Waals surface area contributed by atoms with Gasteiger partial charge in [-0.15, -0.1) is 0 Å². The van der Waals surface area contributed by atoms with Gasteiger partial charge in [0.1, 0.15) is 0 Å². The van der Waals surface area contributed by atoms with Crippen molar-refractivity contribution in [1.29, 1.82) is 0 Å². The molecule has 0 spiro atoms. The molecule has 0 fully saturated rings. The third-order valence-corrected chi connectivity index (χ3v) is 4.13. The maximum atomic E-state index is 12.0. The van der Waals surface area contributed by atoms with E-state index in [4.69, 9.17) is 25.6 Å². The summed E-state index contributed by atoms with van der Waals surface area (Å²) in [5, 5.41) is 3.24. The fourth-order valence-corrected chi connectivity index (χ4v) is 2.41. The van der Waals surface area contributed by atoms with E-state index in [2.05, 4.69) is 5.32 Å². The minimum Gasteiger partial charge on any atom is -0.427 e. The Morgan fingerprint density at radius 2 is 1.81 bits per heavy atom. The summed E-state index contributed by atoms with van der Waals surface area (Å²) in [5.74, 6) is -0.471. The van der Waals surface area contributed by atoms with Crippen molar-refractivity contribution in [2.45, 2.75) is 33.2 Å². The van der Waals surface area contributed by atoms with Gasteiger partial charge in [-0.3, -0.25) is 9.36 Å². The van der Waals surface area contributed by atoms with Crippen LogP contribution in [-0.4, -0.2) is 32.1 Å². The van der Waals surface area contributed by atoms with E-state index >= 15 is 0 Å². The highest BCUT2D eigenvalue weighted by Crippen LogP contribution is 2.23. The van der Waals surface area contributed by atoms with E-state index in [-0.39, 0.29) is 6.61 Å². The summed E-state index contributed by atoms with van der Waals surface area (Å²) in [5.41, 5.74) is 0.110. The van der Waals surface area contributed by atoms with Crippen molar-refractivity contribution in [3.63, 3.8) is 0 Å². The van der Waals surface area contributed by atoms with Gasteiger partial charge in [0.05, 0.1) is 18.1 Å². The molecular weight excluding hydrogens is 381 g/mol. The number of esters is 1. The largest absolute Gasteiger partial charge is 0.427 e. The summed E-state index contributed by atoms with van der Waals surface area (Å²) in [6.07, 6.45) is -0.348. The molecule has 2 unspecified atom stereocenters. The molecule has 26 heavy (non-hydrogen) atoms. The lowest BCUT2D eigenvalue weighted by atomic mass is 9.98. The molecule has 0 bridgehead atoms. The standard InChI is InChI=1S/C17H25ClNO6P/c1-17(2,3)15(20)23-11-24-16(21)19-14(9-10-25-26(4)22)12-5-7-13(18)8-6-12/h5-8,14,26H,9-11H2,1-4H3,(H,19,21). The first kappa shape index (κ1) is 22.5. The number of hydrogen-bond donors (Lipinski definition) is 1. The molecule has 0 aliphatic carbocycles. The van der Waals surface area contributed by atoms with Crippen LogP contribution in [0.3, 0.4) is 0 Å². The van der Waals surface area contributed by atoms with Crippen LogP contribution in [0.5, 0.6) is 0 Å². The van der Waals surface area contributed by atoms with E-state index in [1.165, 1.54) is 6.66 Å². The van der Waals surface area contributed by atoms with Crippen molar-refractivity contribution in [2.75, 3.05) is 20.1 Å². The molecule has 0 aliphatic rings. The van der Waals surface area contributed by atoms with E-state index in [0.29, 0.717) is 11.4 Å². The Morgan fingerprint density at radius 3 is 2.35 bits per heavy atom. The minimum absolute atomic E-state index is 0.209. The van der Waals surface area contributed by atoms with Crippen LogP contribution in [0, 0.1) is 5.41 Å². The first-order valence-corrected chi connectivity index (χ1v) is 10.3. The highest BCUT2D eigenvalue weighted by atomic mass is 35.5. The van der Waals surface area contributed by atoms with Gasteiger partial charge in [0, 0.05) is 11.7 Å². The van der Waals surface area contributed by atoms with Gasteiger partial charge in [0.25, 0.3) is 0 Å². The van der Waals surface area contributed by atoms with E-state index in [9.17, 15) is 14.2 Å². The van der Waals surface area contributed by atoms with Gasteiger partial charge in [-0.05, 0) is 44.9 Å². The Kier molecular flexibility index (Phi) is 9.13. The molecule has 7 nitrogen and oxygen atoms in total. The lowest BCUT2D eigenvalue weighted by Gasteiger charge is -2.20. The van der Waals surface area contributed by atoms with Crippen LogP contribution in [0.15, 0.2) is 24.3 Å². The number of halogens is 1. The van der Waals surface area contributed by atoms with Crippen LogP contribution >= 0.6 is 19.6 Å². The van der Waals surface area contributed by atoms with Gasteiger partial charge in [-0.25, -0.2) is 4.79 Å². The quantitative estimate of drug-likeness (QED) is 0.396. The van der Waals surface area contributed by atoms with Crippen LogP contribution in [0.1, 0.15) is 38.8 Å². The smallest absolute Gasteiger partial charge is 0.410 e. The number of carbonyl (C=O) groups excluding carboxylic acids is 2. The second-order valence-corrected chi connectivity index (χ2v) is 8.32. The van der Waals surface area contributed by atoms with Crippen LogP contribution in [0.4, 0.5) is 4.79 Å². The van der Waals surface area contributed by atoms with Gasteiger partial charge < -0.3 is 19.3 Å². The second-order valence-electron chi connectivity index (χ2n) is 6.61. The zero-order chi connectivity index (χ0) is 19.7. The molecule has 0 saturated heterocycles. The number of ether oxygens (including phenoxy) is 2. The molecule has 0 saturated carbocycles. The van der Waals surface area contributed by atoms with Gasteiger partial charge in [0.2, 0.25) is 6.79 Å². The monoisotopic (exact) mass is 405 g/mol. The maximum Gasteiger partial charge on any atom is 0.410 e. The Hall–Kier alpha value is -1.56. The Morgan fingerprint density at radius 1 is 1.19 bits per heavy atom. The van der Waals surface area contributed by atoms with Crippen molar-refractivity contribution in [3.05, 3.63) is 34.9 Å². The molecule has 1 N–H and O–H groups in total. The van der Waals surface area contributed by atoms with Crippen LogP contribution < -0.4 is 5.32 Å². The molecule has 146 valence electrons. The first-order chi connectivity index (χ1) is 12.1. The van der Waals surface area contributed by atoms with Crippen LogP contribution in [-0.2, 0) is 23.4 Å². The molecule has 2 atom stereocenters. The lowest BCUT2D eigenvalue weighted by molar-refractivity contribution is -0.161. The first-order valence-electron chi connectivity index (χ1n) is 8.09. The van der Waals surface area contributed by atoms with Crippen LogP contribution in [0.2, 0.25) is 5.02 Å². The van der Waals surface area contributed by atoms with Gasteiger partial charge in [0.15, 0.2) is 8.03 Å². The molecule has 0 aromatic heterocycles. The fourth-order valence-electron chi connectivity index (χ4n) is 1.87. The predicted octanol–water partition coefficient (Wildman–Crippen LogP) is 4.17. The molecule has 1 rings (SSSR count). The van der Waals surface area contributed by atoms with Crippen LogP contribution in [0.25, 0.3) is 0 Å². The molecule has 1 aromatic rings. The fraction of sp³-hybridized carbons (Fsp3) is 0.529. The highest BCUT2D eigenvalue weighted by Gasteiger charge is 2.23. The van der Waals surface area contributed by atoms with Crippen molar-refractivity contribution < 1.29 is 28.2 Å². The van der Waals surface area contributed by atoms with Gasteiger partial charge >= 0.3 is 12.1 Å². The minimum atomic E-state index is -2.06. The summed E-state index contributed by atoms with van der Waals surface area (Å²) < 4.78 is 26.0. The van der Waals surface area contributed by atoms with Gasteiger partial charge in [-0.2, -0.15) is 0 Å². The summed E-state index contributed by atoms with van der Waals surface area (Å²) >= 11 is 5.88. The molecule has 0 aliphatic heterocycles. The number of nitrogens with one attached hydrogen (secondary N) is 1. The predicted molar refractivity (Wildman–Crippen MR) is 99.7 cm³/mol. The third kappa shape index (κ3) is 8.70. The summed E-state index contributed by atoms with van der Waals surface area (Å²) in [6, 6.07) is 6.50. The Balaban J connectivity index is 2.60. The van der Waals surface area contributed by atoms with Gasteiger partial charge in [-0.1, -0.05) is 23.7 Å². The van der Waals surface area contributed by atoms with E-state index in [0.717, 1.165) is 5.56 Å². The number of alkyl carbamates (subject to hydrolysis) is 1. The summed E-state index contributed by atoms with van der Waals surface area (Å²) in [4.78, 5) is 23.6. The molecule has 9 heteroatoms. The average molecular weight is 406 g/mol. The zero-order valence-electron chi connectivity index (χ0n) is 15.3. The summed E-state index contributed by atoms with van der Waals surface area (Å²) in [6.45, 7) is 6.32. The van der Waals surface area contributed by atoms with E-state index in [1.54, 1.807) is 45.0 Å². The van der Waals surface area contributed by atoms with Crippen molar-refractivity contribution in [2.24, 2.45) is 5.41 Å². The molecule has 0 heterocycles. The SMILES string of the molecule is C[PH](=O)OCCC(NC(=O)OCOC(=O)C(C)(C)C)c1ccc(Cl)cc1. The van der Waals surface area contributed by atoms with E-state index < -0.39 is 38.3 Å². The number of rotatable bonds is 8. The maximum absolute atomic E-state index is 12.0. The molecular formula is C17H25ClNO6P. The van der Waals surface area contributed by atoms with Crippen molar-refractivity contribution >= 4 is 31.7 Å². The number of benzene rings is 1. The molecule has 1 amide bonds. The lowest BCUT2D eigenvalue weighted by Crippen LogP contribution is -2.32. The molecule has 1 aromatic carbocycles. The zero-order valence-corrected chi connectivity index (χ0v) is 17.1. The molecule has 0 radical (unpaired) electrons. The highest BCUT2D eigenvalue weighted by molar-refractivity contribution is 7.38. The topological polar surface area (TPSA) is 90.9 Å². The Bertz CT molecular complexity index is 629. The normalized spacial score (nSPS) is 13.6. The van der Waals surface area contributed by atoms with E-state index in [1.807, 2.05) is 0 Å². The van der Waals surface area contributed by atoms with Crippen molar-refractivity contribution in [3.8, 4) is 0 Å². The third-order valence-electron chi connectivity index (χ3n) is 3.27. The second kappa shape index (κ2) is 10.6. The van der Waals surface area contributed by atoms with Crippen molar-refractivity contribution in [1.82, 2.24) is 5.32 Å².